The first-order chi connectivity index (χ1) is 15.8. The zero-order chi connectivity index (χ0) is 23.6. The number of nitrogens with zero attached hydrogens (tertiary/aromatic N) is 2. The average Bonchev–Trinajstić information content (AvgIpc) is 2.82. The van der Waals surface area contributed by atoms with Crippen LogP contribution in [-0.2, 0) is 24.3 Å². The minimum atomic E-state index is -3.46. The van der Waals surface area contributed by atoms with Crippen LogP contribution in [0.5, 0.6) is 5.75 Å². The third-order valence-corrected chi connectivity index (χ3v) is 7.74. The van der Waals surface area contributed by atoms with Crippen molar-refractivity contribution in [1.82, 2.24) is 9.80 Å². The number of ether oxygens (including phenoxy) is 3. The van der Waals surface area contributed by atoms with Crippen LogP contribution in [0.2, 0.25) is 0 Å². The van der Waals surface area contributed by atoms with E-state index < -0.39 is 10.0 Å². The number of nitrogens with one attached hydrogen (secondary N) is 1. The first kappa shape index (κ1) is 23.8. The van der Waals surface area contributed by atoms with Gasteiger partial charge in [0, 0.05) is 25.8 Å². The zero-order valence-electron chi connectivity index (χ0n) is 19.0. The van der Waals surface area contributed by atoms with Gasteiger partial charge in [0.2, 0.25) is 15.9 Å². The Kier molecular flexibility index (Phi) is 7.10. The van der Waals surface area contributed by atoms with E-state index in [0.717, 1.165) is 0 Å². The molecule has 0 aromatic heterocycles. The molecule has 4 rings (SSSR count). The molecule has 3 heterocycles. The number of hydrogen-bond donors (Lipinski definition) is 1. The standard InChI is InChI=1S/C22H31N3O7S/c1-3-33(28,29)23-15-4-7-19-17(12-15)22(27)24(2)18-6-5-16(32-20(18)14-31-19)13-21(26)25-8-10-30-11-9-25/h4,7,12,16,18,20,23H,3,5-6,8-11,13-14H2,1-2H3/t16-,18+,20-/m1/s1. The molecule has 1 aromatic rings. The van der Waals surface area contributed by atoms with E-state index in [0.29, 0.717) is 62.6 Å². The van der Waals surface area contributed by atoms with E-state index >= 15 is 0 Å². The van der Waals surface area contributed by atoms with Crippen molar-refractivity contribution in [1.29, 1.82) is 0 Å². The Balaban J connectivity index is 1.46. The molecule has 1 N–H and O–H groups in total. The summed E-state index contributed by atoms with van der Waals surface area (Å²) in [6, 6.07) is 4.48. The Labute approximate surface area is 194 Å². The summed E-state index contributed by atoms with van der Waals surface area (Å²) in [5.41, 5.74) is 0.622. The largest absolute Gasteiger partial charge is 0.490 e. The number of anilines is 1. The van der Waals surface area contributed by atoms with Gasteiger partial charge in [0.15, 0.2) is 0 Å². The van der Waals surface area contributed by atoms with Gasteiger partial charge in [-0.15, -0.1) is 0 Å². The summed E-state index contributed by atoms with van der Waals surface area (Å²) < 4.78 is 43.8. The quantitative estimate of drug-likeness (QED) is 0.669. The summed E-state index contributed by atoms with van der Waals surface area (Å²) in [5, 5.41) is 0. The van der Waals surface area contributed by atoms with Crippen LogP contribution in [-0.4, -0.2) is 94.0 Å². The Morgan fingerprint density at radius 3 is 2.70 bits per heavy atom. The van der Waals surface area contributed by atoms with Crippen LogP contribution in [0, 0.1) is 0 Å². The molecule has 0 unspecified atom stereocenters. The van der Waals surface area contributed by atoms with Gasteiger partial charge in [-0.25, -0.2) is 8.42 Å². The number of amides is 2. The second-order valence-electron chi connectivity index (χ2n) is 8.58. The topological polar surface area (TPSA) is 114 Å². The third-order valence-electron chi connectivity index (χ3n) is 6.43. The van der Waals surface area contributed by atoms with Gasteiger partial charge in [-0.1, -0.05) is 0 Å². The monoisotopic (exact) mass is 481 g/mol. The predicted octanol–water partition coefficient (Wildman–Crippen LogP) is 1.08. The second kappa shape index (κ2) is 9.86. The molecule has 2 fully saturated rings. The van der Waals surface area contributed by atoms with Gasteiger partial charge < -0.3 is 24.0 Å². The van der Waals surface area contributed by atoms with E-state index in [2.05, 4.69) is 4.72 Å². The Hall–Kier alpha value is -2.37. The van der Waals surface area contributed by atoms with E-state index in [-0.39, 0.29) is 42.4 Å². The molecule has 2 saturated heterocycles. The predicted molar refractivity (Wildman–Crippen MR) is 121 cm³/mol. The first-order valence-electron chi connectivity index (χ1n) is 11.3. The first-order valence-corrected chi connectivity index (χ1v) is 13.0. The Morgan fingerprint density at radius 2 is 1.97 bits per heavy atom. The highest BCUT2D eigenvalue weighted by Gasteiger charge is 2.39. The minimum absolute atomic E-state index is 0.0605. The fraction of sp³-hybridized carbons (Fsp3) is 0.636. The number of fused-ring (bicyclic) bond motifs is 2. The molecule has 0 radical (unpaired) electrons. The highest BCUT2D eigenvalue weighted by molar-refractivity contribution is 7.92. The van der Waals surface area contributed by atoms with Gasteiger partial charge in [0.25, 0.3) is 5.91 Å². The number of benzene rings is 1. The highest BCUT2D eigenvalue weighted by Crippen LogP contribution is 2.33. The number of rotatable bonds is 5. The van der Waals surface area contributed by atoms with E-state index in [9.17, 15) is 18.0 Å². The lowest BCUT2D eigenvalue weighted by Crippen LogP contribution is -2.54. The normalized spacial score (nSPS) is 25.9. The van der Waals surface area contributed by atoms with Gasteiger partial charge in [0.05, 0.1) is 43.1 Å². The maximum Gasteiger partial charge on any atom is 0.257 e. The van der Waals surface area contributed by atoms with Gasteiger partial charge in [-0.05, 0) is 38.0 Å². The van der Waals surface area contributed by atoms with Crippen molar-refractivity contribution in [2.45, 2.75) is 44.4 Å². The van der Waals surface area contributed by atoms with Gasteiger partial charge in [0.1, 0.15) is 18.5 Å². The summed E-state index contributed by atoms with van der Waals surface area (Å²) in [6.07, 6.45) is 1.07. The van der Waals surface area contributed by atoms with Crippen molar-refractivity contribution in [2.24, 2.45) is 0 Å². The Morgan fingerprint density at radius 1 is 1.21 bits per heavy atom. The van der Waals surface area contributed by atoms with Crippen LogP contribution in [0.15, 0.2) is 18.2 Å². The fourth-order valence-corrected chi connectivity index (χ4v) is 5.11. The summed E-state index contributed by atoms with van der Waals surface area (Å²) in [4.78, 5) is 29.3. The van der Waals surface area contributed by atoms with Crippen LogP contribution in [0.4, 0.5) is 5.69 Å². The summed E-state index contributed by atoms with van der Waals surface area (Å²) in [7, 11) is -1.74. The molecular weight excluding hydrogens is 450 g/mol. The van der Waals surface area contributed by atoms with Crippen molar-refractivity contribution in [3.05, 3.63) is 23.8 Å². The second-order valence-corrected chi connectivity index (χ2v) is 10.6. The molecule has 0 spiro atoms. The van der Waals surface area contributed by atoms with Crippen LogP contribution in [0.25, 0.3) is 0 Å². The lowest BCUT2D eigenvalue weighted by Gasteiger charge is -2.42. The van der Waals surface area contributed by atoms with Crippen molar-refractivity contribution >= 4 is 27.5 Å². The number of morpholine rings is 1. The van der Waals surface area contributed by atoms with E-state index in [1.807, 2.05) is 4.90 Å². The molecule has 3 aliphatic rings. The van der Waals surface area contributed by atoms with Crippen molar-refractivity contribution in [2.75, 3.05) is 50.4 Å². The van der Waals surface area contributed by atoms with Crippen LogP contribution < -0.4 is 9.46 Å². The molecule has 0 saturated carbocycles. The molecule has 10 nitrogen and oxygen atoms in total. The summed E-state index contributed by atoms with van der Waals surface area (Å²) in [5.74, 6) is 0.110. The van der Waals surface area contributed by atoms with Crippen LogP contribution in [0.1, 0.15) is 36.5 Å². The maximum absolute atomic E-state index is 13.2. The van der Waals surface area contributed by atoms with Crippen molar-refractivity contribution in [3.63, 3.8) is 0 Å². The van der Waals surface area contributed by atoms with Crippen molar-refractivity contribution in [3.8, 4) is 5.75 Å². The lowest BCUT2D eigenvalue weighted by atomic mass is 9.94. The molecule has 33 heavy (non-hydrogen) atoms. The Bertz CT molecular complexity index is 994. The molecule has 3 atom stereocenters. The SMILES string of the molecule is CCS(=O)(=O)Nc1ccc2c(c1)C(=O)N(C)[C@H]1CC[C@H](CC(=O)N3CCOCC3)O[C@@H]1CO2. The van der Waals surface area contributed by atoms with E-state index in [1.165, 1.54) is 6.07 Å². The third kappa shape index (κ3) is 5.42. The van der Waals surface area contributed by atoms with E-state index in [4.69, 9.17) is 14.2 Å². The fourth-order valence-electron chi connectivity index (χ4n) is 4.48. The molecule has 182 valence electrons. The molecular formula is C22H31N3O7S. The zero-order valence-corrected chi connectivity index (χ0v) is 19.8. The molecule has 1 aromatic carbocycles. The summed E-state index contributed by atoms with van der Waals surface area (Å²) in [6.45, 7) is 4.10. The number of carbonyl (C=O) groups is 2. The molecule has 0 bridgehead atoms. The number of sulfonamides is 1. The molecule has 2 amide bonds. The average molecular weight is 482 g/mol. The van der Waals surface area contributed by atoms with Crippen LogP contribution in [0.3, 0.4) is 0 Å². The van der Waals surface area contributed by atoms with Gasteiger partial charge >= 0.3 is 0 Å². The van der Waals surface area contributed by atoms with Crippen LogP contribution >= 0.6 is 0 Å². The molecule has 11 heteroatoms. The maximum atomic E-state index is 13.2. The number of hydrogen-bond acceptors (Lipinski definition) is 7. The summed E-state index contributed by atoms with van der Waals surface area (Å²) >= 11 is 0. The molecule has 3 aliphatic heterocycles. The highest BCUT2D eigenvalue weighted by atomic mass is 32.2. The minimum Gasteiger partial charge on any atom is -0.490 e. The van der Waals surface area contributed by atoms with Gasteiger partial charge in [-0.3, -0.25) is 14.3 Å². The van der Waals surface area contributed by atoms with Crippen molar-refractivity contribution < 1.29 is 32.2 Å². The molecule has 0 aliphatic carbocycles. The van der Waals surface area contributed by atoms with E-state index in [1.54, 1.807) is 31.0 Å². The number of carbonyl (C=O) groups excluding carboxylic acids is 2. The smallest absolute Gasteiger partial charge is 0.257 e. The number of likely N-dealkylation sites (N-methyl/N-ethyl adjacent to an activating group) is 1. The van der Waals surface area contributed by atoms with Gasteiger partial charge in [-0.2, -0.15) is 0 Å². The lowest BCUT2D eigenvalue weighted by molar-refractivity contribution is -0.146.